The summed E-state index contributed by atoms with van der Waals surface area (Å²) in [5.41, 5.74) is 4.85. The van der Waals surface area contributed by atoms with E-state index >= 15 is 0 Å². The summed E-state index contributed by atoms with van der Waals surface area (Å²) < 4.78 is 14.5. The van der Waals surface area contributed by atoms with Crippen molar-refractivity contribution >= 4 is 38.0 Å². The van der Waals surface area contributed by atoms with Crippen molar-refractivity contribution in [2.75, 3.05) is 0 Å². The molecule has 0 aliphatic heterocycles. The Morgan fingerprint density at radius 3 is 1.34 bits per heavy atom. The van der Waals surface area contributed by atoms with E-state index in [0.29, 0.717) is 0 Å². The summed E-state index contributed by atoms with van der Waals surface area (Å²) in [6.07, 6.45) is 2.26. The fourth-order valence-electron chi connectivity index (χ4n) is 6.52. The molecule has 0 bridgehead atoms. The van der Waals surface area contributed by atoms with E-state index < -0.39 is 0 Å². The van der Waals surface area contributed by atoms with Crippen molar-refractivity contribution in [3.63, 3.8) is 0 Å². The zero-order valence-corrected chi connectivity index (χ0v) is 25.4. The minimum Gasteiger partial charge on any atom is -0.457 e. The standard InChI is InChI=1S/C43H28N2O2/c1-3-11-31(12-4-1)46-33-23-19-29(20-24-33)42-43(30-21-25-34(26-22-30)47-32-13-5-2-6-14-32)45-28-40-38-18-10-8-16-36(38)35-15-7-9-17-37(35)39(40)27-41(45)44-42/h1-28H. The Morgan fingerprint density at radius 2 is 0.809 bits per heavy atom. The zero-order valence-electron chi connectivity index (χ0n) is 25.4. The number of nitrogens with zero attached hydrogens (tertiary/aromatic N) is 2. The highest BCUT2D eigenvalue weighted by Crippen LogP contribution is 2.40. The van der Waals surface area contributed by atoms with Crippen LogP contribution in [0.4, 0.5) is 0 Å². The molecule has 4 nitrogen and oxygen atoms in total. The van der Waals surface area contributed by atoms with Crippen LogP contribution < -0.4 is 9.47 Å². The Bertz CT molecular complexity index is 2540. The second kappa shape index (κ2) is 11.2. The first-order valence-electron chi connectivity index (χ1n) is 15.7. The Kier molecular flexibility index (Phi) is 6.43. The van der Waals surface area contributed by atoms with E-state index in [1.54, 1.807) is 0 Å². The maximum absolute atomic E-state index is 6.13. The summed E-state index contributed by atoms with van der Waals surface area (Å²) >= 11 is 0. The first kappa shape index (κ1) is 27.0. The summed E-state index contributed by atoms with van der Waals surface area (Å²) in [6.45, 7) is 0. The molecule has 2 heterocycles. The van der Waals surface area contributed by atoms with Crippen LogP contribution in [0.2, 0.25) is 0 Å². The first-order chi connectivity index (χ1) is 23.3. The van der Waals surface area contributed by atoms with Crippen LogP contribution in [0.15, 0.2) is 170 Å². The Hall–Kier alpha value is -6.39. The van der Waals surface area contributed by atoms with Crippen molar-refractivity contribution < 1.29 is 9.47 Å². The lowest BCUT2D eigenvalue weighted by molar-refractivity contribution is 0.482. The fourth-order valence-corrected chi connectivity index (χ4v) is 6.52. The molecule has 0 aliphatic carbocycles. The molecule has 9 rings (SSSR count). The second-order valence-corrected chi connectivity index (χ2v) is 11.6. The largest absolute Gasteiger partial charge is 0.457 e. The lowest BCUT2D eigenvalue weighted by atomic mass is 9.95. The minimum absolute atomic E-state index is 0.774. The van der Waals surface area contributed by atoms with Crippen LogP contribution in [-0.2, 0) is 0 Å². The smallest absolute Gasteiger partial charge is 0.138 e. The molecule has 47 heavy (non-hydrogen) atoms. The van der Waals surface area contributed by atoms with Gasteiger partial charge in [0.25, 0.3) is 0 Å². The molecule has 0 N–H and O–H groups in total. The predicted octanol–water partition coefficient (Wildman–Crippen LogP) is 11.7. The Morgan fingerprint density at radius 1 is 0.383 bits per heavy atom. The lowest BCUT2D eigenvalue weighted by Gasteiger charge is -2.12. The third-order valence-electron chi connectivity index (χ3n) is 8.70. The highest BCUT2D eigenvalue weighted by atomic mass is 16.5. The third-order valence-corrected chi connectivity index (χ3v) is 8.70. The molecule has 222 valence electrons. The third kappa shape index (κ3) is 4.84. The van der Waals surface area contributed by atoms with Gasteiger partial charge in [-0.05, 0) is 106 Å². The van der Waals surface area contributed by atoms with Crippen molar-refractivity contribution in [3.05, 3.63) is 170 Å². The van der Waals surface area contributed by atoms with Crippen molar-refractivity contribution in [1.82, 2.24) is 9.38 Å². The summed E-state index contributed by atoms with van der Waals surface area (Å²) in [5.74, 6) is 3.16. The molecule has 0 saturated carbocycles. The van der Waals surface area contributed by atoms with Gasteiger partial charge in [0.2, 0.25) is 0 Å². The molecular weight excluding hydrogens is 576 g/mol. The van der Waals surface area contributed by atoms with Gasteiger partial charge in [-0.25, -0.2) is 4.98 Å². The van der Waals surface area contributed by atoms with E-state index in [4.69, 9.17) is 14.5 Å². The number of aromatic nitrogens is 2. The number of ether oxygens (including phenoxy) is 2. The number of hydrogen-bond donors (Lipinski definition) is 0. The van der Waals surface area contributed by atoms with Crippen LogP contribution in [0.1, 0.15) is 0 Å². The number of pyridine rings is 1. The predicted molar refractivity (Wildman–Crippen MR) is 192 cm³/mol. The van der Waals surface area contributed by atoms with E-state index in [0.717, 1.165) is 51.2 Å². The highest BCUT2D eigenvalue weighted by Gasteiger charge is 2.19. The topological polar surface area (TPSA) is 35.8 Å². The molecule has 0 atom stereocenters. The van der Waals surface area contributed by atoms with Crippen molar-refractivity contribution in [2.45, 2.75) is 0 Å². The fraction of sp³-hybridized carbons (Fsp3) is 0. The Balaban J connectivity index is 1.24. The highest BCUT2D eigenvalue weighted by molar-refractivity contribution is 6.25. The molecule has 0 spiro atoms. The summed E-state index contributed by atoms with van der Waals surface area (Å²) in [6, 6.07) is 55.7. The molecule has 0 aliphatic rings. The van der Waals surface area contributed by atoms with Crippen LogP contribution in [0, 0.1) is 0 Å². The number of fused-ring (bicyclic) bond motifs is 7. The van der Waals surface area contributed by atoms with Gasteiger partial charge >= 0.3 is 0 Å². The average Bonchev–Trinajstić information content (AvgIpc) is 3.51. The molecule has 0 fully saturated rings. The number of para-hydroxylation sites is 2. The lowest BCUT2D eigenvalue weighted by Crippen LogP contribution is -1.92. The SMILES string of the molecule is c1ccc(Oc2ccc(-c3nc4cc5c6ccccc6c6ccccc6c5cn4c3-c3ccc(Oc4ccccc4)cc3)cc2)cc1. The monoisotopic (exact) mass is 604 g/mol. The van der Waals surface area contributed by atoms with E-state index in [-0.39, 0.29) is 0 Å². The van der Waals surface area contributed by atoms with E-state index in [1.165, 1.54) is 32.3 Å². The van der Waals surface area contributed by atoms with Gasteiger partial charge in [-0.2, -0.15) is 0 Å². The molecular formula is C43H28N2O2. The van der Waals surface area contributed by atoms with Crippen LogP contribution in [0.25, 0.3) is 60.5 Å². The molecule has 9 aromatic rings. The van der Waals surface area contributed by atoms with Crippen molar-refractivity contribution in [3.8, 4) is 45.5 Å². The number of rotatable bonds is 6. The van der Waals surface area contributed by atoms with Crippen LogP contribution in [0.5, 0.6) is 23.0 Å². The molecule has 4 heteroatoms. The molecule has 0 radical (unpaired) electrons. The van der Waals surface area contributed by atoms with Gasteiger partial charge < -0.3 is 9.47 Å². The van der Waals surface area contributed by atoms with Crippen molar-refractivity contribution in [2.24, 2.45) is 0 Å². The normalized spacial score (nSPS) is 11.4. The van der Waals surface area contributed by atoms with Gasteiger partial charge in [0, 0.05) is 22.7 Å². The van der Waals surface area contributed by atoms with Gasteiger partial charge in [-0.15, -0.1) is 0 Å². The van der Waals surface area contributed by atoms with Crippen molar-refractivity contribution in [1.29, 1.82) is 0 Å². The van der Waals surface area contributed by atoms with Gasteiger partial charge in [0.15, 0.2) is 0 Å². The zero-order chi connectivity index (χ0) is 31.2. The van der Waals surface area contributed by atoms with Crippen LogP contribution in [0.3, 0.4) is 0 Å². The number of hydrogen-bond acceptors (Lipinski definition) is 3. The molecule has 7 aromatic carbocycles. The minimum atomic E-state index is 0.774. The second-order valence-electron chi connectivity index (χ2n) is 11.6. The average molecular weight is 605 g/mol. The molecule has 0 amide bonds. The maximum atomic E-state index is 6.13. The first-order valence-corrected chi connectivity index (χ1v) is 15.7. The van der Waals surface area contributed by atoms with Gasteiger partial charge in [-0.3, -0.25) is 4.40 Å². The summed E-state index contributed by atoms with van der Waals surface area (Å²) in [5, 5.41) is 7.31. The quantitative estimate of drug-likeness (QED) is 0.177. The Labute approximate surface area is 271 Å². The van der Waals surface area contributed by atoms with Gasteiger partial charge in [-0.1, -0.05) is 84.9 Å². The number of benzene rings is 7. The number of imidazole rings is 1. The van der Waals surface area contributed by atoms with Gasteiger partial charge in [0.05, 0.1) is 11.4 Å². The van der Waals surface area contributed by atoms with Crippen LogP contribution >= 0.6 is 0 Å². The van der Waals surface area contributed by atoms with Crippen LogP contribution in [-0.4, -0.2) is 9.38 Å². The summed E-state index contributed by atoms with van der Waals surface area (Å²) in [4.78, 5) is 5.29. The molecule has 0 unspecified atom stereocenters. The maximum Gasteiger partial charge on any atom is 0.138 e. The van der Waals surface area contributed by atoms with E-state index in [1.807, 2.05) is 84.9 Å². The van der Waals surface area contributed by atoms with E-state index in [9.17, 15) is 0 Å². The summed E-state index contributed by atoms with van der Waals surface area (Å²) in [7, 11) is 0. The molecule has 0 saturated heterocycles. The van der Waals surface area contributed by atoms with E-state index in [2.05, 4.69) is 89.5 Å². The molecule has 2 aromatic heterocycles. The van der Waals surface area contributed by atoms with Gasteiger partial charge in [0.1, 0.15) is 28.6 Å².